The highest BCUT2D eigenvalue weighted by Gasteiger charge is 2.16. The lowest BCUT2D eigenvalue weighted by atomic mass is 10.1. The fourth-order valence-corrected chi connectivity index (χ4v) is 1.94. The molecule has 0 N–H and O–H groups in total. The fraction of sp³-hybridized carbons (Fsp3) is 0.538. The van der Waals surface area contributed by atoms with E-state index in [4.69, 9.17) is 4.74 Å². The van der Waals surface area contributed by atoms with E-state index < -0.39 is 0 Å². The van der Waals surface area contributed by atoms with Crippen molar-refractivity contribution < 1.29 is 4.74 Å². The van der Waals surface area contributed by atoms with E-state index in [2.05, 4.69) is 43.9 Å². The molecule has 1 aromatic rings. The molecule has 82 valence electrons. The van der Waals surface area contributed by atoms with Crippen LogP contribution >= 0.6 is 0 Å². The van der Waals surface area contributed by atoms with Crippen LogP contribution in [0.15, 0.2) is 18.2 Å². The molecule has 1 aromatic carbocycles. The van der Waals surface area contributed by atoms with Crippen LogP contribution in [0.3, 0.4) is 0 Å². The zero-order chi connectivity index (χ0) is 10.8. The largest absolute Gasteiger partial charge is 0.492 e. The van der Waals surface area contributed by atoms with Gasteiger partial charge in [-0.1, -0.05) is 12.1 Å². The Morgan fingerprint density at radius 1 is 1.33 bits per heavy atom. The highest BCUT2D eigenvalue weighted by Crippen LogP contribution is 2.24. The van der Waals surface area contributed by atoms with Crippen molar-refractivity contribution in [2.75, 3.05) is 13.2 Å². The van der Waals surface area contributed by atoms with Crippen LogP contribution in [0.4, 0.5) is 0 Å². The van der Waals surface area contributed by atoms with Gasteiger partial charge in [-0.2, -0.15) is 0 Å². The van der Waals surface area contributed by atoms with Crippen molar-refractivity contribution in [2.45, 2.75) is 33.4 Å². The smallest absolute Gasteiger partial charge is 0.124 e. The third-order valence-electron chi connectivity index (χ3n) is 2.96. The summed E-state index contributed by atoms with van der Waals surface area (Å²) in [5, 5.41) is 0. The van der Waals surface area contributed by atoms with E-state index in [1.807, 2.05) is 0 Å². The maximum absolute atomic E-state index is 5.77. The zero-order valence-corrected chi connectivity index (χ0v) is 9.79. The first-order chi connectivity index (χ1) is 7.16. The Labute approximate surface area is 91.9 Å². The molecule has 2 nitrogen and oxygen atoms in total. The molecule has 0 unspecified atom stereocenters. The predicted octanol–water partition coefficient (Wildman–Crippen LogP) is 2.60. The molecule has 0 spiro atoms. The second-order valence-electron chi connectivity index (χ2n) is 4.52. The second kappa shape index (κ2) is 4.23. The Bertz CT molecular complexity index is 346. The summed E-state index contributed by atoms with van der Waals surface area (Å²) in [6.45, 7) is 9.40. The highest BCUT2D eigenvalue weighted by atomic mass is 16.5. The number of hydrogen-bond donors (Lipinski definition) is 0. The Morgan fingerprint density at radius 3 is 2.87 bits per heavy atom. The normalized spacial score (nSPS) is 17.1. The number of fused-ring (bicyclic) bond motifs is 1. The van der Waals surface area contributed by atoms with Crippen LogP contribution in [0.1, 0.15) is 25.0 Å². The number of hydrogen-bond acceptors (Lipinski definition) is 2. The molecule has 1 aliphatic rings. The maximum atomic E-state index is 5.77. The van der Waals surface area contributed by atoms with Gasteiger partial charge in [0.1, 0.15) is 12.4 Å². The zero-order valence-electron chi connectivity index (χ0n) is 9.79. The van der Waals surface area contributed by atoms with Crippen molar-refractivity contribution in [3.63, 3.8) is 0 Å². The SMILES string of the molecule is Cc1ccc2c(c1)OCCN(C(C)C)C2. The van der Waals surface area contributed by atoms with Gasteiger partial charge in [-0.05, 0) is 32.4 Å². The summed E-state index contributed by atoms with van der Waals surface area (Å²) in [6.07, 6.45) is 0. The molecule has 2 rings (SSSR count). The summed E-state index contributed by atoms with van der Waals surface area (Å²) in [7, 11) is 0. The van der Waals surface area contributed by atoms with E-state index in [1.165, 1.54) is 11.1 Å². The molecular formula is C13H19NO. The lowest BCUT2D eigenvalue weighted by molar-refractivity contribution is 0.189. The van der Waals surface area contributed by atoms with Crippen LogP contribution in [-0.4, -0.2) is 24.1 Å². The van der Waals surface area contributed by atoms with E-state index >= 15 is 0 Å². The van der Waals surface area contributed by atoms with Crippen molar-refractivity contribution in [3.05, 3.63) is 29.3 Å². The molecule has 0 aromatic heterocycles. The standard InChI is InChI=1S/C13H19NO/c1-10(2)14-6-7-15-13-8-11(3)4-5-12(13)9-14/h4-5,8,10H,6-7,9H2,1-3H3. The van der Waals surface area contributed by atoms with E-state index in [-0.39, 0.29) is 0 Å². The minimum atomic E-state index is 0.584. The Kier molecular flexibility index (Phi) is 2.96. The van der Waals surface area contributed by atoms with Gasteiger partial charge < -0.3 is 4.74 Å². The van der Waals surface area contributed by atoms with E-state index in [0.717, 1.165) is 25.4 Å². The number of ether oxygens (including phenoxy) is 1. The van der Waals surface area contributed by atoms with Crippen LogP contribution in [0.2, 0.25) is 0 Å². The summed E-state index contributed by atoms with van der Waals surface area (Å²) < 4.78 is 5.77. The molecule has 0 aliphatic carbocycles. The van der Waals surface area contributed by atoms with Gasteiger partial charge in [0.15, 0.2) is 0 Å². The maximum Gasteiger partial charge on any atom is 0.124 e. The molecule has 0 radical (unpaired) electrons. The van der Waals surface area contributed by atoms with Gasteiger partial charge in [0.2, 0.25) is 0 Å². The monoisotopic (exact) mass is 205 g/mol. The van der Waals surface area contributed by atoms with Gasteiger partial charge in [-0.15, -0.1) is 0 Å². The van der Waals surface area contributed by atoms with Crippen LogP contribution in [0.25, 0.3) is 0 Å². The molecule has 0 saturated carbocycles. The Hall–Kier alpha value is -1.02. The molecule has 0 bridgehead atoms. The molecule has 0 fully saturated rings. The van der Waals surface area contributed by atoms with Gasteiger partial charge >= 0.3 is 0 Å². The van der Waals surface area contributed by atoms with Gasteiger partial charge in [0, 0.05) is 24.7 Å². The van der Waals surface area contributed by atoms with E-state index in [1.54, 1.807) is 0 Å². The van der Waals surface area contributed by atoms with Crippen molar-refractivity contribution >= 4 is 0 Å². The number of aryl methyl sites for hydroxylation is 1. The topological polar surface area (TPSA) is 12.5 Å². The molecule has 0 amide bonds. The Morgan fingerprint density at radius 2 is 2.13 bits per heavy atom. The number of nitrogens with zero attached hydrogens (tertiary/aromatic N) is 1. The van der Waals surface area contributed by atoms with E-state index in [9.17, 15) is 0 Å². The summed E-state index contributed by atoms with van der Waals surface area (Å²) in [6, 6.07) is 7.07. The predicted molar refractivity (Wildman–Crippen MR) is 62.2 cm³/mol. The van der Waals surface area contributed by atoms with E-state index in [0.29, 0.717) is 6.04 Å². The molecule has 0 atom stereocenters. The van der Waals surface area contributed by atoms with Crippen molar-refractivity contribution in [3.8, 4) is 5.75 Å². The molecule has 0 saturated heterocycles. The first-order valence-corrected chi connectivity index (χ1v) is 5.63. The van der Waals surface area contributed by atoms with Gasteiger partial charge in [0.25, 0.3) is 0 Å². The Balaban J connectivity index is 2.26. The van der Waals surface area contributed by atoms with Crippen LogP contribution in [-0.2, 0) is 6.54 Å². The quantitative estimate of drug-likeness (QED) is 0.698. The minimum Gasteiger partial charge on any atom is -0.492 e. The van der Waals surface area contributed by atoms with Crippen molar-refractivity contribution in [1.82, 2.24) is 4.90 Å². The van der Waals surface area contributed by atoms with Gasteiger partial charge in [-0.25, -0.2) is 0 Å². The lowest BCUT2D eigenvalue weighted by Gasteiger charge is -2.23. The lowest BCUT2D eigenvalue weighted by Crippen LogP contribution is -2.32. The summed E-state index contributed by atoms with van der Waals surface area (Å²) in [4.78, 5) is 2.45. The molecule has 1 aliphatic heterocycles. The van der Waals surface area contributed by atoms with Crippen molar-refractivity contribution in [1.29, 1.82) is 0 Å². The van der Waals surface area contributed by atoms with Crippen LogP contribution in [0, 0.1) is 6.92 Å². The average Bonchev–Trinajstić information content (AvgIpc) is 2.39. The average molecular weight is 205 g/mol. The van der Waals surface area contributed by atoms with Gasteiger partial charge in [-0.3, -0.25) is 4.90 Å². The molecular weight excluding hydrogens is 186 g/mol. The van der Waals surface area contributed by atoms with Crippen molar-refractivity contribution in [2.24, 2.45) is 0 Å². The first-order valence-electron chi connectivity index (χ1n) is 5.63. The minimum absolute atomic E-state index is 0.584. The fourth-order valence-electron chi connectivity index (χ4n) is 1.94. The van der Waals surface area contributed by atoms with Gasteiger partial charge in [0.05, 0.1) is 0 Å². The first kappa shape index (κ1) is 10.5. The number of rotatable bonds is 1. The summed E-state index contributed by atoms with van der Waals surface area (Å²) >= 11 is 0. The van der Waals surface area contributed by atoms with Crippen LogP contribution in [0.5, 0.6) is 5.75 Å². The third kappa shape index (κ3) is 2.32. The second-order valence-corrected chi connectivity index (χ2v) is 4.52. The summed E-state index contributed by atoms with van der Waals surface area (Å²) in [5.41, 5.74) is 2.58. The third-order valence-corrected chi connectivity index (χ3v) is 2.96. The highest BCUT2D eigenvalue weighted by molar-refractivity contribution is 5.37. The summed E-state index contributed by atoms with van der Waals surface area (Å²) in [5.74, 6) is 1.07. The molecule has 1 heterocycles. The molecule has 15 heavy (non-hydrogen) atoms. The van der Waals surface area contributed by atoms with Crippen LogP contribution < -0.4 is 4.74 Å². The number of benzene rings is 1. The molecule has 2 heteroatoms.